The van der Waals surface area contributed by atoms with E-state index < -0.39 is 0 Å². The predicted molar refractivity (Wildman–Crippen MR) is 104 cm³/mol. The Morgan fingerprint density at radius 2 is 2.31 bits per heavy atom. The van der Waals surface area contributed by atoms with E-state index in [1.807, 2.05) is 6.07 Å². The minimum atomic E-state index is -0.200. The topological polar surface area (TPSA) is 78.1 Å². The molecule has 0 radical (unpaired) electrons. The van der Waals surface area contributed by atoms with Crippen molar-refractivity contribution in [3.63, 3.8) is 0 Å². The number of H-pyrrole nitrogens is 1. The minimum absolute atomic E-state index is 0.122. The molecule has 1 aliphatic heterocycles. The van der Waals surface area contributed by atoms with Crippen molar-refractivity contribution >= 4 is 17.2 Å². The van der Waals surface area contributed by atoms with E-state index in [1.54, 1.807) is 18.3 Å². The number of rotatable bonds is 7. The molecule has 0 aliphatic carbocycles. The van der Waals surface area contributed by atoms with Crippen LogP contribution in [0, 0.1) is 6.92 Å². The van der Waals surface area contributed by atoms with E-state index in [0.29, 0.717) is 22.4 Å². The van der Waals surface area contributed by atoms with Crippen molar-refractivity contribution in [3.05, 3.63) is 49.8 Å². The molecule has 1 atom stereocenters. The fraction of sp³-hybridized carbons (Fsp3) is 0.526. The molecule has 0 bridgehead atoms. The van der Waals surface area contributed by atoms with E-state index in [-0.39, 0.29) is 18.0 Å². The second-order valence-corrected chi connectivity index (χ2v) is 7.88. The van der Waals surface area contributed by atoms with Crippen LogP contribution in [-0.2, 0) is 6.54 Å². The van der Waals surface area contributed by atoms with Gasteiger partial charge in [-0.2, -0.15) is 0 Å². The smallest absolute Gasteiger partial charge is 0.261 e. The summed E-state index contributed by atoms with van der Waals surface area (Å²) in [5.74, 6) is 0.352. The SMILES string of the molecule is CCCCN1CCCC1c1ccc(C(=O)NCc2nc(C)cc(=O)[nH]2)s1. The van der Waals surface area contributed by atoms with Crippen LogP contribution in [0.15, 0.2) is 23.0 Å². The summed E-state index contributed by atoms with van der Waals surface area (Å²) >= 11 is 1.57. The number of carbonyl (C=O) groups is 1. The number of carbonyl (C=O) groups excluding carboxylic acids is 1. The summed E-state index contributed by atoms with van der Waals surface area (Å²) < 4.78 is 0. The van der Waals surface area contributed by atoms with Gasteiger partial charge in [-0.05, 0) is 51.4 Å². The monoisotopic (exact) mass is 374 g/mol. The number of aromatic nitrogens is 2. The molecule has 26 heavy (non-hydrogen) atoms. The first-order chi connectivity index (χ1) is 12.6. The fourth-order valence-electron chi connectivity index (χ4n) is 3.41. The molecular formula is C19H26N4O2S. The molecule has 1 aliphatic rings. The predicted octanol–water partition coefficient (Wildman–Crippen LogP) is 3.01. The largest absolute Gasteiger partial charge is 0.344 e. The Hall–Kier alpha value is -1.99. The standard InChI is InChI=1S/C19H26N4O2S/c1-3-4-9-23-10-5-6-14(23)15-7-8-16(26-15)19(25)20-12-17-21-13(2)11-18(24)22-17/h7-8,11,14H,3-6,9-10,12H2,1-2H3,(H,20,25)(H,21,22,24). The van der Waals surface area contributed by atoms with Crippen LogP contribution in [0.3, 0.4) is 0 Å². The number of nitrogens with zero attached hydrogens (tertiary/aromatic N) is 2. The molecule has 7 heteroatoms. The molecule has 1 amide bonds. The molecule has 2 aromatic heterocycles. The Kier molecular flexibility index (Phi) is 6.21. The summed E-state index contributed by atoms with van der Waals surface area (Å²) in [5, 5.41) is 2.84. The van der Waals surface area contributed by atoms with Crippen molar-refractivity contribution in [1.82, 2.24) is 20.2 Å². The van der Waals surface area contributed by atoms with Crippen LogP contribution in [0.1, 0.15) is 64.7 Å². The second kappa shape index (κ2) is 8.60. The molecule has 3 heterocycles. The first kappa shape index (κ1) is 18.8. The second-order valence-electron chi connectivity index (χ2n) is 6.77. The Labute approximate surface area is 157 Å². The highest BCUT2D eigenvalue weighted by molar-refractivity contribution is 7.14. The molecule has 1 saturated heterocycles. The van der Waals surface area contributed by atoms with Gasteiger partial charge < -0.3 is 10.3 Å². The van der Waals surface area contributed by atoms with Gasteiger partial charge in [0.05, 0.1) is 11.4 Å². The number of aryl methyl sites for hydroxylation is 1. The molecule has 1 fully saturated rings. The van der Waals surface area contributed by atoms with Crippen LogP contribution in [0.5, 0.6) is 0 Å². The summed E-state index contributed by atoms with van der Waals surface area (Å²) in [6, 6.07) is 5.87. The average Bonchev–Trinajstić information content (AvgIpc) is 3.25. The number of hydrogen-bond donors (Lipinski definition) is 2. The van der Waals surface area contributed by atoms with Crippen molar-refractivity contribution in [3.8, 4) is 0 Å². The minimum Gasteiger partial charge on any atom is -0.344 e. The number of aromatic amines is 1. The van der Waals surface area contributed by atoms with E-state index in [9.17, 15) is 9.59 Å². The van der Waals surface area contributed by atoms with Gasteiger partial charge in [-0.1, -0.05) is 13.3 Å². The first-order valence-electron chi connectivity index (χ1n) is 9.25. The van der Waals surface area contributed by atoms with Gasteiger partial charge in [-0.15, -0.1) is 11.3 Å². The van der Waals surface area contributed by atoms with Crippen molar-refractivity contribution in [2.75, 3.05) is 13.1 Å². The Bertz CT molecular complexity index is 814. The van der Waals surface area contributed by atoms with Gasteiger partial charge in [0.25, 0.3) is 11.5 Å². The molecule has 2 N–H and O–H groups in total. The van der Waals surface area contributed by atoms with Crippen molar-refractivity contribution in [2.45, 2.75) is 52.1 Å². The lowest BCUT2D eigenvalue weighted by atomic mass is 10.2. The number of likely N-dealkylation sites (tertiary alicyclic amines) is 1. The Balaban J connectivity index is 1.61. The van der Waals surface area contributed by atoms with E-state index >= 15 is 0 Å². The lowest BCUT2D eigenvalue weighted by Gasteiger charge is -2.23. The van der Waals surface area contributed by atoms with E-state index in [0.717, 1.165) is 13.1 Å². The summed E-state index contributed by atoms with van der Waals surface area (Å²) in [5.41, 5.74) is 0.443. The van der Waals surface area contributed by atoms with Gasteiger partial charge in [0.15, 0.2) is 0 Å². The van der Waals surface area contributed by atoms with Crippen LogP contribution in [0.2, 0.25) is 0 Å². The molecular weight excluding hydrogens is 348 g/mol. The third kappa shape index (κ3) is 4.59. The summed E-state index contributed by atoms with van der Waals surface area (Å²) in [6.45, 7) is 6.48. The first-order valence-corrected chi connectivity index (χ1v) is 10.1. The van der Waals surface area contributed by atoms with Crippen LogP contribution in [-0.4, -0.2) is 33.9 Å². The molecule has 0 saturated carbocycles. The summed E-state index contributed by atoms with van der Waals surface area (Å²) in [6.07, 6.45) is 4.81. The fourth-order valence-corrected chi connectivity index (χ4v) is 4.50. The van der Waals surface area contributed by atoms with E-state index in [2.05, 4.69) is 33.2 Å². The molecule has 140 valence electrons. The highest BCUT2D eigenvalue weighted by atomic mass is 32.1. The van der Waals surface area contributed by atoms with E-state index in [1.165, 1.54) is 36.6 Å². The molecule has 0 aromatic carbocycles. The number of amides is 1. The number of nitrogens with one attached hydrogen (secondary N) is 2. The Morgan fingerprint density at radius 1 is 1.46 bits per heavy atom. The normalized spacial score (nSPS) is 17.5. The third-order valence-corrected chi connectivity index (χ3v) is 5.86. The highest BCUT2D eigenvalue weighted by Gasteiger charge is 2.27. The average molecular weight is 375 g/mol. The maximum atomic E-state index is 12.4. The molecule has 1 unspecified atom stereocenters. The van der Waals surface area contributed by atoms with Crippen LogP contribution >= 0.6 is 11.3 Å². The van der Waals surface area contributed by atoms with Crippen molar-refractivity contribution < 1.29 is 4.79 Å². The zero-order valence-electron chi connectivity index (χ0n) is 15.4. The zero-order chi connectivity index (χ0) is 18.5. The lowest BCUT2D eigenvalue weighted by Crippen LogP contribution is -2.25. The molecule has 6 nitrogen and oxygen atoms in total. The molecule has 0 spiro atoms. The Morgan fingerprint density at radius 3 is 3.08 bits per heavy atom. The van der Waals surface area contributed by atoms with Gasteiger partial charge in [0, 0.05) is 22.7 Å². The highest BCUT2D eigenvalue weighted by Crippen LogP contribution is 2.36. The van der Waals surface area contributed by atoms with Gasteiger partial charge >= 0.3 is 0 Å². The third-order valence-electron chi connectivity index (χ3n) is 4.68. The van der Waals surface area contributed by atoms with Gasteiger partial charge in [0.2, 0.25) is 0 Å². The summed E-state index contributed by atoms with van der Waals surface area (Å²) in [4.78, 5) is 35.3. The van der Waals surface area contributed by atoms with Crippen LogP contribution < -0.4 is 10.9 Å². The molecule has 2 aromatic rings. The van der Waals surface area contributed by atoms with Gasteiger partial charge in [-0.3, -0.25) is 14.5 Å². The maximum Gasteiger partial charge on any atom is 0.261 e. The van der Waals surface area contributed by atoms with Gasteiger partial charge in [0.1, 0.15) is 5.82 Å². The number of unbranched alkanes of at least 4 members (excludes halogenated alkanes) is 1. The van der Waals surface area contributed by atoms with Crippen molar-refractivity contribution in [2.24, 2.45) is 0 Å². The molecule has 3 rings (SSSR count). The van der Waals surface area contributed by atoms with Crippen molar-refractivity contribution in [1.29, 1.82) is 0 Å². The quantitative estimate of drug-likeness (QED) is 0.781. The van der Waals surface area contributed by atoms with E-state index in [4.69, 9.17) is 0 Å². The lowest BCUT2D eigenvalue weighted by molar-refractivity contribution is 0.0954. The van der Waals surface area contributed by atoms with Crippen LogP contribution in [0.4, 0.5) is 0 Å². The zero-order valence-corrected chi connectivity index (χ0v) is 16.2. The number of thiophene rings is 1. The summed E-state index contributed by atoms with van der Waals surface area (Å²) in [7, 11) is 0. The van der Waals surface area contributed by atoms with Gasteiger partial charge in [-0.25, -0.2) is 4.98 Å². The van der Waals surface area contributed by atoms with Crippen LogP contribution in [0.25, 0.3) is 0 Å². The maximum absolute atomic E-state index is 12.4. The number of hydrogen-bond acceptors (Lipinski definition) is 5.